The van der Waals surface area contributed by atoms with Gasteiger partial charge in [0.15, 0.2) is 0 Å². The minimum atomic E-state index is -0.0672. The molecule has 0 aromatic heterocycles. The normalized spacial score (nSPS) is 14.2. The number of rotatable bonds is 3. The molecule has 1 aliphatic rings. The first-order valence-corrected chi connectivity index (χ1v) is 8.22. The van der Waals surface area contributed by atoms with E-state index in [1.807, 2.05) is 36.4 Å². The zero-order chi connectivity index (χ0) is 14.7. The van der Waals surface area contributed by atoms with Crippen LogP contribution in [-0.2, 0) is 0 Å². The van der Waals surface area contributed by atoms with E-state index < -0.39 is 0 Å². The van der Waals surface area contributed by atoms with Gasteiger partial charge in [0, 0.05) is 33.6 Å². The largest absolute Gasteiger partial charge is 0.372 e. The van der Waals surface area contributed by atoms with Crippen LogP contribution in [0, 0.1) is 3.57 Å². The van der Waals surface area contributed by atoms with Gasteiger partial charge in [0.1, 0.15) is 0 Å². The molecule has 0 radical (unpaired) electrons. The Kier molecular flexibility index (Phi) is 4.43. The highest BCUT2D eigenvalue weighted by molar-refractivity contribution is 14.1. The first kappa shape index (κ1) is 14.4. The first-order valence-electron chi connectivity index (χ1n) is 7.14. The molecule has 1 amide bonds. The van der Waals surface area contributed by atoms with Crippen LogP contribution in [0.1, 0.15) is 23.2 Å². The van der Waals surface area contributed by atoms with Crippen molar-refractivity contribution in [3.63, 3.8) is 0 Å². The molecule has 0 aliphatic carbocycles. The average Bonchev–Trinajstić information content (AvgIpc) is 3.02. The van der Waals surface area contributed by atoms with Crippen LogP contribution >= 0.6 is 22.6 Å². The van der Waals surface area contributed by atoms with Crippen LogP contribution in [0.25, 0.3) is 0 Å². The summed E-state index contributed by atoms with van der Waals surface area (Å²) in [5.41, 5.74) is 2.76. The van der Waals surface area contributed by atoms with Crippen molar-refractivity contribution in [2.45, 2.75) is 12.8 Å². The molecule has 1 N–H and O–H groups in total. The number of nitrogens with one attached hydrogen (secondary N) is 1. The lowest BCUT2D eigenvalue weighted by molar-refractivity contribution is 0.102. The zero-order valence-corrected chi connectivity index (χ0v) is 13.8. The van der Waals surface area contributed by atoms with Gasteiger partial charge in [-0.1, -0.05) is 6.07 Å². The summed E-state index contributed by atoms with van der Waals surface area (Å²) in [7, 11) is 0. The second-order valence-corrected chi connectivity index (χ2v) is 6.45. The maximum Gasteiger partial charge on any atom is 0.255 e. The maximum absolute atomic E-state index is 12.2. The highest BCUT2D eigenvalue weighted by Gasteiger charge is 2.12. The van der Waals surface area contributed by atoms with Crippen LogP contribution in [0.2, 0.25) is 0 Å². The molecule has 0 atom stereocenters. The van der Waals surface area contributed by atoms with Crippen LogP contribution in [0.15, 0.2) is 48.5 Å². The zero-order valence-electron chi connectivity index (χ0n) is 11.7. The topological polar surface area (TPSA) is 32.3 Å². The molecule has 2 aromatic rings. The lowest BCUT2D eigenvalue weighted by Gasteiger charge is -2.17. The molecule has 4 heteroatoms. The molecule has 0 saturated carbocycles. The predicted molar refractivity (Wildman–Crippen MR) is 95.0 cm³/mol. The highest BCUT2D eigenvalue weighted by atomic mass is 127. The van der Waals surface area contributed by atoms with E-state index in [1.165, 1.54) is 18.5 Å². The molecule has 108 valence electrons. The van der Waals surface area contributed by atoms with Gasteiger partial charge in [-0.25, -0.2) is 0 Å². The minimum Gasteiger partial charge on any atom is -0.372 e. The lowest BCUT2D eigenvalue weighted by Crippen LogP contribution is -2.17. The molecule has 1 aliphatic heterocycles. The average molecular weight is 392 g/mol. The number of carbonyl (C=O) groups excluding carboxylic acids is 1. The second-order valence-electron chi connectivity index (χ2n) is 5.21. The molecule has 1 saturated heterocycles. The number of carbonyl (C=O) groups is 1. The maximum atomic E-state index is 12.2. The van der Waals surface area contributed by atoms with Crippen molar-refractivity contribution in [3.8, 4) is 0 Å². The van der Waals surface area contributed by atoms with Gasteiger partial charge in [-0.05, 0) is 77.9 Å². The Morgan fingerprint density at radius 3 is 2.43 bits per heavy atom. The summed E-state index contributed by atoms with van der Waals surface area (Å²) < 4.78 is 1.06. The molecule has 3 rings (SSSR count). The third-order valence-electron chi connectivity index (χ3n) is 3.68. The van der Waals surface area contributed by atoms with Crippen molar-refractivity contribution in [1.82, 2.24) is 0 Å². The van der Waals surface area contributed by atoms with Crippen LogP contribution in [0.3, 0.4) is 0 Å². The minimum absolute atomic E-state index is 0.0672. The Hall–Kier alpha value is -1.56. The van der Waals surface area contributed by atoms with E-state index in [-0.39, 0.29) is 5.91 Å². The number of amides is 1. The van der Waals surface area contributed by atoms with Crippen molar-refractivity contribution in [2.24, 2.45) is 0 Å². The summed E-state index contributed by atoms with van der Waals surface area (Å²) in [5.74, 6) is -0.0672. The Bertz CT molecular complexity index is 633. The fourth-order valence-electron chi connectivity index (χ4n) is 2.56. The first-order chi connectivity index (χ1) is 10.2. The lowest BCUT2D eigenvalue weighted by atomic mass is 10.2. The molecule has 1 heterocycles. The summed E-state index contributed by atoms with van der Waals surface area (Å²) in [6, 6.07) is 15.7. The summed E-state index contributed by atoms with van der Waals surface area (Å²) in [6.07, 6.45) is 2.54. The van der Waals surface area contributed by atoms with Crippen LogP contribution in [-0.4, -0.2) is 19.0 Å². The highest BCUT2D eigenvalue weighted by Crippen LogP contribution is 2.22. The van der Waals surface area contributed by atoms with Gasteiger partial charge in [-0.3, -0.25) is 4.79 Å². The van der Waals surface area contributed by atoms with E-state index in [9.17, 15) is 4.79 Å². The second kappa shape index (κ2) is 6.47. The fraction of sp³-hybridized carbons (Fsp3) is 0.235. The SMILES string of the molecule is O=C(Nc1ccc(N2CCCC2)cc1)c1cccc(I)c1. The summed E-state index contributed by atoms with van der Waals surface area (Å²) in [5, 5.41) is 2.94. The molecular weight excluding hydrogens is 375 g/mol. The van der Waals surface area contributed by atoms with E-state index >= 15 is 0 Å². The van der Waals surface area contributed by atoms with E-state index in [1.54, 1.807) is 0 Å². The number of nitrogens with zero attached hydrogens (tertiary/aromatic N) is 1. The van der Waals surface area contributed by atoms with Gasteiger partial charge in [-0.15, -0.1) is 0 Å². The van der Waals surface area contributed by atoms with E-state index in [0.717, 1.165) is 22.3 Å². The van der Waals surface area contributed by atoms with Gasteiger partial charge >= 0.3 is 0 Å². The Morgan fingerprint density at radius 1 is 1.05 bits per heavy atom. The number of hydrogen-bond donors (Lipinski definition) is 1. The molecule has 1 fully saturated rings. The Morgan fingerprint density at radius 2 is 1.76 bits per heavy atom. The third kappa shape index (κ3) is 3.56. The van der Waals surface area contributed by atoms with Crippen LogP contribution in [0.4, 0.5) is 11.4 Å². The van der Waals surface area contributed by atoms with Crippen molar-refractivity contribution in [2.75, 3.05) is 23.3 Å². The Balaban J connectivity index is 1.68. The fourth-order valence-corrected chi connectivity index (χ4v) is 3.11. The smallest absolute Gasteiger partial charge is 0.255 e. The quantitative estimate of drug-likeness (QED) is 0.797. The van der Waals surface area contributed by atoms with Gasteiger partial charge in [0.2, 0.25) is 0 Å². The van der Waals surface area contributed by atoms with E-state index in [0.29, 0.717) is 5.56 Å². The van der Waals surface area contributed by atoms with Gasteiger partial charge in [0.05, 0.1) is 0 Å². The third-order valence-corrected chi connectivity index (χ3v) is 4.35. The standard InChI is InChI=1S/C17H17IN2O/c18-14-5-3-4-13(12-14)17(21)19-15-6-8-16(9-7-15)20-10-1-2-11-20/h3-9,12H,1-2,10-11H2,(H,19,21). The van der Waals surface area contributed by atoms with Gasteiger partial charge < -0.3 is 10.2 Å². The van der Waals surface area contributed by atoms with Gasteiger partial charge in [0.25, 0.3) is 5.91 Å². The van der Waals surface area contributed by atoms with Crippen molar-refractivity contribution in [1.29, 1.82) is 0 Å². The predicted octanol–water partition coefficient (Wildman–Crippen LogP) is 4.14. The molecule has 2 aromatic carbocycles. The van der Waals surface area contributed by atoms with Crippen molar-refractivity contribution < 1.29 is 4.79 Å². The number of halogens is 1. The van der Waals surface area contributed by atoms with E-state index in [2.05, 4.69) is 44.9 Å². The number of anilines is 2. The van der Waals surface area contributed by atoms with Gasteiger partial charge in [-0.2, -0.15) is 0 Å². The summed E-state index contributed by atoms with van der Waals surface area (Å²) in [4.78, 5) is 14.6. The molecule has 21 heavy (non-hydrogen) atoms. The number of benzene rings is 2. The summed E-state index contributed by atoms with van der Waals surface area (Å²) >= 11 is 2.21. The van der Waals surface area contributed by atoms with Crippen molar-refractivity contribution in [3.05, 3.63) is 57.7 Å². The van der Waals surface area contributed by atoms with Crippen LogP contribution < -0.4 is 10.2 Å². The molecule has 0 spiro atoms. The molecule has 3 nitrogen and oxygen atoms in total. The number of hydrogen-bond acceptors (Lipinski definition) is 2. The summed E-state index contributed by atoms with van der Waals surface area (Å²) in [6.45, 7) is 2.27. The van der Waals surface area contributed by atoms with Crippen LogP contribution in [0.5, 0.6) is 0 Å². The Labute approximate surface area is 138 Å². The molecular formula is C17H17IN2O. The molecule has 0 bridgehead atoms. The van der Waals surface area contributed by atoms with Crippen molar-refractivity contribution >= 4 is 39.9 Å². The monoisotopic (exact) mass is 392 g/mol. The van der Waals surface area contributed by atoms with E-state index in [4.69, 9.17) is 0 Å². The molecule has 0 unspecified atom stereocenters.